The molecule has 0 radical (unpaired) electrons. The lowest BCUT2D eigenvalue weighted by Crippen LogP contribution is -2.24. The number of hydrogen-bond donors (Lipinski definition) is 0. The average Bonchev–Trinajstić information content (AvgIpc) is 2.76. The summed E-state index contributed by atoms with van der Waals surface area (Å²) in [5.41, 5.74) is 3.44. The average molecular weight is 1310 g/mol. The number of hydrogen-bond acceptors (Lipinski definition) is 19. The minimum absolute atomic E-state index is 0.0180. The van der Waals surface area contributed by atoms with Gasteiger partial charge in [0.2, 0.25) is 10.0 Å². The zero-order valence-corrected chi connectivity index (χ0v) is 51.7. The minimum Gasteiger partial charge on any atom is -0.544 e. The number of ether oxygens (including phenoxy) is 4. The Kier molecular flexibility index (Phi) is 24.9. The second-order valence-electron chi connectivity index (χ2n) is 20.8. The Hall–Kier alpha value is -4.92. The van der Waals surface area contributed by atoms with Crippen molar-refractivity contribution < 1.29 is 86.9 Å². The molecule has 0 atom stereocenters. The van der Waals surface area contributed by atoms with Crippen molar-refractivity contribution in [1.82, 2.24) is 0 Å². The van der Waals surface area contributed by atoms with Gasteiger partial charge in [0.25, 0.3) is 20.0 Å². The Balaban J connectivity index is 0.000000359. The Morgan fingerprint density at radius 3 is 1.48 bits per heavy atom. The monoisotopic (exact) mass is 1300 g/mol. The van der Waals surface area contributed by atoms with Crippen LogP contribution in [0.2, 0.25) is 0 Å². The summed E-state index contributed by atoms with van der Waals surface area (Å²) in [5.74, 6) is -5.09. The van der Waals surface area contributed by atoms with E-state index in [1.807, 2.05) is 31.2 Å². The molecule has 2 aliphatic carbocycles. The molecule has 1 heterocycles. The van der Waals surface area contributed by atoms with Crippen molar-refractivity contribution in [2.45, 2.75) is 100 Å². The van der Waals surface area contributed by atoms with Crippen LogP contribution in [0.5, 0.6) is 5.75 Å². The first-order valence-electron chi connectivity index (χ1n) is 27.1. The molecular weight excluding hydrogens is 1240 g/mol. The quantitative estimate of drug-likeness (QED) is 0.0334. The summed E-state index contributed by atoms with van der Waals surface area (Å²) in [4.78, 5) is -1.24. The molecule has 19 nitrogen and oxygen atoms in total. The maximum absolute atomic E-state index is 15.1. The molecular formula is C56H66F4N3O16S6-3. The maximum atomic E-state index is 15.1. The predicted molar refractivity (Wildman–Crippen MR) is 309 cm³/mol. The Morgan fingerprint density at radius 2 is 0.965 bits per heavy atom. The second kappa shape index (κ2) is 31.3. The normalized spacial score (nSPS) is 21.6. The van der Waals surface area contributed by atoms with Crippen molar-refractivity contribution in [2.75, 3.05) is 59.1 Å². The van der Waals surface area contributed by atoms with Crippen molar-refractivity contribution in [3.63, 3.8) is 0 Å². The first-order chi connectivity index (χ1) is 40.4. The van der Waals surface area contributed by atoms with Crippen LogP contribution in [0.25, 0.3) is 22.3 Å². The summed E-state index contributed by atoms with van der Waals surface area (Å²) in [6.45, 7) is 6.22. The molecule has 0 bridgehead atoms. The zero-order chi connectivity index (χ0) is 61.5. The third-order valence-electron chi connectivity index (χ3n) is 14.3. The number of methoxy groups -OCH3 is 1. The van der Waals surface area contributed by atoms with Crippen LogP contribution in [-0.2, 0) is 103 Å². The molecule has 0 aromatic heterocycles. The standard InChI is InChI=1S/C42H46F4N2O9S4.C14H20NO7S2/c1-27-3-7-29(8-4-27)31-11-15-33(16-12-31)35-19-21-37(41(45)39(35)43)57-59(50)47-60(51,52)26-25-55-23-24-56-58(49)48-61(53,54)38-22-20-36(40(44)42(38)46)34-17-13-32(14-18-34)30-9-5-28(2)6-10-30;1-11-9-20-14(21-10-11)12-3-5-13(6-4-12)24(17,18)15-23(16)22-8-7-19-2/h11-22,27-30H,3-10,23-26H2,1-2H3;3-6,11,14H,7-10H2,1-2H3/q-2;-1. The molecule has 5 aromatic carbocycles. The third-order valence-corrected chi connectivity index (χ3v) is 21.7. The van der Waals surface area contributed by atoms with Crippen molar-refractivity contribution in [3.05, 3.63) is 137 Å². The fourth-order valence-electron chi connectivity index (χ4n) is 9.55. The lowest BCUT2D eigenvalue weighted by atomic mass is 9.79. The molecule has 3 aliphatic rings. The van der Waals surface area contributed by atoms with Crippen molar-refractivity contribution in [1.29, 1.82) is 0 Å². The van der Waals surface area contributed by atoms with Gasteiger partial charge in [-0.25, -0.2) is 42.2 Å². The number of benzene rings is 5. The molecule has 468 valence electrons. The summed E-state index contributed by atoms with van der Waals surface area (Å²) in [7, 11) is -20.3. The van der Waals surface area contributed by atoms with Gasteiger partial charge in [0.1, 0.15) is 10.6 Å². The van der Waals surface area contributed by atoms with Gasteiger partial charge in [-0.3, -0.25) is 7.54 Å². The van der Waals surface area contributed by atoms with E-state index < -0.39 is 128 Å². The third kappa shape index (κ3) is 19.5. The van der Waals surface area contributed by atoms with E-state index in [4.69, 9.17) is 31.5 Å². The predicted octanol–water partition coefficient (Wildman–Crippen LogP) is 12.2. The summed E-state index contributed by atoms with van der Waals surface area (Å²) < 4.78 is 215. The highest BCUT2D eigenvalue weighted by Crippen LogP contribution is 2.39. The fraction of sp³-hybridized carbons (Fsp3) is 0.464. The maximum Gasteiger partial charge on any atom is 0.265 e. The van der Waals surface area contributed by atoms with Crippen molar-refractivity contribution in [3.8, 4) is 28.0 Å². The highest BCUT2D eigenvalue weighted by atomic mass is 32.3. The molecule has 0 spiro atoms. The van der Waals surface area contributed by atoms with E-state index >= 15 is 13.2 Å². The van der Waals surface area contributed by atoms with E-state index in [1.54, 1.807) is 36.4 Å². The Bertz CT molecular complexity index is 3690. The Labute approximate surface area is 499 Å². The Morgan fingerprint density at radius 1 is 0.494 bits per heavy atom. The SMILES string of the molecule is CC1CCC(c2ccc(-c3ccc(O[S-](=O)=NS(=O)(=O)CCOCCO[S-](=O)=NS(=O)(=O)c4ccc(-c5ccc(C6CCC(C)CC6)cc5)c(F)c4F)c(F)c3F)cc2)CC1.COCCO[S-](=O)=NS(=O)(=O)c1ccc(C2OCC(C)CO2)cc1. The van der Waals surface area contributed by atoms with E-state index in [1.165, 1.54) is 25.3 Å². The van der Waals surface area contributed by atoms with E-state index in [0.717, 1.165) is 80.7 Å². The lowest BCUT2D eigenvalue weighted by molar-refractivity contribution is -0.202. The van der Waals surface area contributed by atoms with Gasteiger partial charge in [0.05, 0.1) is 43.7 Å². The van der Waals surface area contributed by atoms with Crippen molar-refractivity contribution >= 4 is 62.7 Å². The molecule has 2 saturated carbocycles. The fourth-order valence-corrected chi connectivity index (χ4v) is 15.1. The topological polar surface area (TPSA) is 255 Å². The second-order valence-corrected chi connectivity index (χ2v) is 28.9. The summed E-state index contributed by atoms with van der Waals surface area (Å²) >= 11 is 0. The van der Waals surface area contributed by atoms with Crippen LogP contribution < -0.4 is 4.18 Å². The van der Waals surface area contributed by atoms with Gasteiger partial charge in [-0.2, -0.15) is 4.39 Å². The van der Waals surface area contributed by atoms with Gasteiger partial charge in [-0.05, 0) is 130 Å². The smallest absolute Gasteiger partial charge is 0.265 e. The molecule has 1 saturated heterocycles. The number of rotatable bonds is 23. The van der Waals surface area contributed by atoms with E-state index in [9.17, 15) is 42.3 Å². The van der Waals surface area contributed by atoms with Crippen molar-refractivity contribution in [2.24, 2.45) is 29.1 Å². The first kappa shape index (κ1) is 67.6. The van der Waals surface area contributed by atoms with Crippen LogP contribution in [-0.4, -0.2) is 84.4 Å². The van der Waals surface area contributed by atoms with Crippen LogP contribution in [0.1, 0.15) is 107 Å². The van der Waals surface area contributed by atoms with Gasteiger partial charge in [0, 0.05) is 53.8 Å². The largest absolute Gasteiger partial charge is 0.544 e. The lowest BCUT2D eigenvalue weighted by Gasteiger charge is -2.27. The van der Waals surface area contributed by atoms with Gasteiger partial charge < -0.3 is 44.1 Å². The summed E-state index contributed by atoms with van der Waals surface area (Å²) in [6, 6.07) is 24.2. The number of nitrogens with zero attached hydrogens (tertiary/aromatic N) is 3. The first-order valence-corrected chi connectivity index (χ1v) is 34.7. The molecule has 0 N–H and O–H groups in total. The molecule has 0 amide bonds. The highest BCUT2D eigenvalue weighted by Gasteiger charge is 2.26. The van der Waals surface area contributed by atoms with Gasteiger partial charge >= 0.3 is 0 Å². The zero-order valence-electron chi connectivity index (χ0n) is 46.9. The van der Waals surface area contributed by atoms with Gasteiger partial charge in [-0.1, -0.05) is 107 Å². The van der Waals surface area contributed by atoms with E-state index in [-0.39, 0.29) is 29.2 Å². The van der Waals surface area contributed by atoms with Crippen LogP contribution >= 0.6 is 0 Å². The molecule has 8 rings (SSSR count). The van der Waals surface area contributed by atoms with E-state index in [0.29, 0.717) is 59.5 Å². The minimum atomic E-state index is -5.00. The summed E-state index contributed by atoms with van der Waals surface area (Å²) in [5, 5.41) is 0. The van der Waals surface area contributed by atoms with Gasteiger partial charge in [0.15, 0.2) is 29.6 Å². The van der Waals surface area contributed by atoms with E-state index in [2.05, 4.69) is 25.2 Å². The number of sulfonamides is 3. The molecule has 1 aliphatic heterocycles. The van der Waals surface area contributed by atoms with Gasteiger partial charge in [-0.15, -0.1) is 0 Å². The number of halogens is 4. The highest BCUT2D eigenvalue weighted by molar-refractivity contribution is 7.96. The molecule has 85 heavy (non-hydrogen) atoms. The summed E-state index contributed by atoms with van der Waals surface area (Å²) in [6.07, 6.45) is 8.21. The van der Waals surface area contributed by atoms with Crippen LogP contribution in [0.3, 0.4) is 0 Å². The molecule has 29 heteroatoms. The van der Waals surface area contributed by atoms with Crippen LogP contribution in [0.15, 0.2) is 118 Å². The molecule has 3 fully saturated rings. The van der Waals surface area contributed by atoms with Crippen LogP contribution in [0.4, 0.5) is 17.6 Å². The molecule has 0 unspecified atom stereocenters. The molecule has 5 aromatic rings. The van der Waals surface area contributed by atoms with Crippen LogP contribution in [0, 0.1) is 41.0 Å².